The van der Waals surface area contributed by atoms with Crippen molar-refractivity contribution < 1.29 is 0 Å². The molecule has 0 atom stereocenters. The molecule has 0 aliphatic heterocycles. The minimum atomic E-state index is 0.434. The van der Waals surface area contributed by atoms with Crippen LogP contribution in [-0.4, -0.2) is 10.0 Å². The predicted octanol–water partition coefficient (Wildman–Crippen LogP) is 6.52. The Bertz CT molecular complexity index is 863. The number of thiocarbonyl (C=S) groups is 1. The van der Waals surface area contributed by atoms with Crippen LogP contribution in [0.15, 0.2) is 78.9 Å². The number of anilines is 1. The van der Waals surface area contributed by atoms with Crippen LogP contribution >= 0.6 is 12.2 Å². The number of aryl methyl sites for hydroxylation is 1. The Morgan fingerprint density at radius 2 is 1.36 bits per heavy atom. The summed E-state index contributed by atoms with van der Waals surface area (Å²) in [4.78, 5) is 2.23. The standard InChI is InChI=1S/C25H28N2S/c1-19(2)24-20(3)11-10-16-23(24)26-25(28)27(17-21-12-6-4-7-13-21)18-22-14-8-5-9-15-22/h4-16,19H,17-18H2,1-3H3,(H,26,28). The molecule has 0 bridgehead atoms. The molecule has 28 heavy (non-hydrogen) atoms. The second-order valence-electron chi connectivity index (χ2n) is 7.45. The van der Waals surface area contributed by atoms with Crippen LogP contribution < -0.4 is 5.32 Å². The van der Waals surface area contributed by atoms with Crippen molar-refractivity contribution in [1.29, 1.82) is 0 Å². The predicted molar refractivity (Wildman–Crippen MR) is 124 cm³/mol. The van der Waals surface area contributed by atoms with Crippen molar-refractivity contribution in [1.82, 2.24) is 4.90 Å². The molecule has 0 fully saturated rings. The van der Waals surface area contributed by atoms with Gasteiger partial charge in [0.2, 0.25) is 0 Å². The summed E-state index contributed by atoms with van der Waals surface area (Å²) in [6, 6.07) is 27.3. The second-order valence-corrected chi connectivity index (χ2v) is 7.83. The fourth-order valence-electron chi connectivity index (χ4n) is 3.56. The van der Waals surface area contributed by atoms with Crippen molar-refractivity contribution in [2.24, 2.45) is 0 Å². The van der Waals surface area contributed by atoms with Crippen LogP contribution in [-0.2, 0) is 13.1 Å². The molecule has 2 nitrogen and oxygen atoms in total. The van der Waals surface area contributed by atoms with Crippen molar-refractivity contribution in [2.45, 2.75) is 39.8 Å². The summed E-state index contributed by atoms with van der Waals surface area (Å²) in [6.45, 7) is 8.15. The number of benzene rings is 3. The van der Waals surface area contributed by atoms with E-state index in [2.05, 4.69) is 97.7 Å². The van der Waals surface area contributed by atoms with Crippen molar-refractivity contribution in [3.05, 3.63) is 101 Å². The lowest BCUT2D eigenvalue weighted by Crippen LogP contribution is -2.34. The van der Waals surface area contributed by atoms with Gasteiger partial charge in [-0.25, -0.2) is 0 Å². The van der Waals surface area contributed by atoms with Gasteiger partial charge in [-0.1, -0.05) is 86.6 Å². The molecule has 0 aromatic heterocycles. The molecule has 1 N–H and O–H groups in total. The van der Waals surface area contributed by atoms with E-state index in [4.69, 9.17) is 12.2 Å². The molecule has 0 aliphatic carbocycles. The smallest absolute Gasteiger partial charge is 0.174 e. The Hall–Kier alpha value is -2.65. The quantitative estimate of drug-likeness (QED) is 0.484. The average Bonchev–Trinajstić information content (AvgIpc) is 2.69. The Labute approximate surface area is 174 Å². The third-order valence-corrected chi connectivity index (χ3v) is 5.22. The summed E-state index contributed by atoms with van der Waals surface area (Å²) in [5.74, 6) is 0.434. The van der Waals surface area contributed by atoms with E-state index in [-0.39, 0.29) is 0 Å². The van der Waals surface area contributed by atoms with Gasteiger partial charge in [-0.2, -0.15) is 0 Å². The topological polar surface area (TPSA) is 15.3 Å². The summed E-state index contributed by atoms with van der Waals surface area (Å²) >= 11 is 5.86. The molecule has 0 saturated heterocycles. The third-order valence-electron chi connectivity index (χ3n) is 4.86. The lowest BCUT2D eigenvalue weighted by molar-refractivity contribution is 0.413. The van der Waals surface area contributed by atoms with Gasteiger partial charge >= 0.3 is 0 Å². The van der Waals surface area contributed by atoms with Gasteiger partial charge in [0.25, 0.3) is 0 Å². The summed E-state index contributed by atoms with van der Waals surface area (Å²) in [7, 11) is 0. The van der Waals surface area contributed by atoms with Crippen molar-refractivity contribution in [3.63, 3.8) is 0 Å². The summed E-state index contributed by atoms with van der Waals surface area (Å²) in [5.41, 5.74) is 6.21. The molecule has 0 unspecified atom stereocenters. The molecule has 144 valence electrons. The zero-order valence-electron chi connectivity index (χ0n) is 16.9. The lowest BCUT2D eigenvalue weighted by atomic mass is 9.96. The molecule has 0 heterocycles. The van der Waals surface area contributed by atoms with Crippen LogP contribution in [0.5, 0.6) is 0 Å². The van der Waals surface area contributed by atoms with Gasteiger partial charge in [0.1, 0.15) is 0 Å². The molecule has 0 saturated carbocycles. The highest BCUT2D eigenvalue weighted by Gasteiger charge is 2.15. The fraction of sp³-hybridized carbons (Fsp3) is 0.240. The molecular formula is C25H28N2S. The van der Waals surface area contributed by atoms with Crippen molar-refractivity contribution in [3.8, 4) is 0 Å². The van der Waals surface area contributed by atoms with Crippen LogP contribution in [0.2, 0.25) is 0 Å². The van der Waals surface area contributed by atoms with Gasteiger partial charge in [0.15, 0.2) is 5.11 Å². The van der Waals surface area contributed by atoms with E-state index in [1.807, 2.05) is 12.1 Å². The number of hydrogen-bond donors (Lipinski definition) is 1. The van der Waals surface area contributed by atoms with E-state index in [0.29, 0.717) is 5.92 Å². The first-order valence-electron chi connectivity index (χ1n) is 9.78. The van der Waals surface area contributed by atoms with Crippen LogP contribution in [0.1, 0.15) is 42.0 Å². The number of nitrogens with zero attached hydrogens (tertiary/aromatic N) is 1. The van der Waals surface area contributed by atoms with Gasteiger partial charge in [-0.05, 0) is 53.4 Å². The Balaban J connectivity index is 1.85. The Kier molecular flexibility index (Phi) is 6.83. The van der Waals surface area contributed by atoms with E-state index < -0.39 is 0 Å². The molecule has 3 rings (SSSR count). The normalized spacial score (nSPS) is 10.7. The highest BCUT2D eigenvalue weighted by molar-refractivity contribution is 7.80. The van der Waals surface area contributed by atoms with E-state index in [1.165, 1.54) is 22.3 Å². The zero-order chi connectivity index (χ0) is 19.9. The van der Waals surface area contributed by atoms with Crippen molar-refractivity contribution in [2.75, 3.05) is 5.32 Å². The van der Waals surface area contributed by atoms with E-state index in [1.54, 1.807) is 0 Å². The van der Waals surface area contributed by atoms with Crippen LogP contribution in [0, 0.1) is 6.92 Å². The molecule has 0 aliphatic rings. The van der Waals surface area contributed by atoms with E-state index in [9.17, 15) is 0 Å². The monoisotopic (exact) mass is 388 g/mol. The molecule has 3 aromatic rings. The summed E-state index contributed by atoms with van der Waals surface area (Å²) < 4.78 is 0. The number of rotatable bonds is 6. The number of hydrogen-bond acceptors (Lipinski definition) is 1. The zero-order valence-corrected chi connectivity index (χ0v) is 17.7. The first-order chi connectivity index (χ1) is 13.5. The average molecular weight is 389 g/mol. The molecule has 3 aromatic carbocycles. The third kappa shape index (κ3) is 5.20. The Morgan fingerprint density at radius 1 is 0.821 bits per heavy atom. The van der Waals surface area contributed by atoms with Gasteiger partial charge in [0.05, 0.1) is 0 Å². The summed E-state index contributed by atoms with van der Waals surface area (Å²) in [6.07, 6.45) is 0. The second kappa shape index (κ2) is 9.52. The van der Waals surface area contributed by atoms with Crippen LogP contribution in [0.25, 0.3) is 0 Å². The van der Waals surface area contributed by atoms with E-state index >= 15 is 0 Å². The van der Waals surface area contributed by atoms with Gasteiger partial charge < -0.3 is 10.2 Å². The molecule has 0 radical (unpaired) electrons. The molecule has 0 amide bonds. The molecule has 0 spiro atoms. The molecule has 3 heteroatoms. The highest BCUT2D eigenvalue weighted by atomic mass is 32.1. The fourth-order valence-corrected chi connectivity index (χ4v) is 3.80. The summed E-state index contributed by atoms with van der Waals surface area (Å²) in [5, 5.41) is 4.28. The minimum Gasteiger partial charge on any atom is -0.340 e. The molecular weight excluding hydrogens is 360 g/mol. The maximum absolute atomic E-state index is 5.86. The van der Waals surface area contributed by atoms with Crippen LogP contribution in [0.4, 0.5) is 5.69 Å². The van der Waals surface area contributed by atoms with Crippen molar-refractivity contribution >= 4 is 23.0 Å². The Morgan fingerprint density at radius 3 is 1.86 bits per heavy atom. The van der Waals surface area contributed by atoms with Gasteiger partial charge in [0, 0.05) is 18.8 Å². The van der Waals surface area contributed by atoms with Crippen LogP contribution in [0.3, 0.4) is 0 Å². The van der Waals surface area contributed by atoms with Gasteiger partial charge in [-0.3, -0.25) is 0 Å². The van der Waals surface area contributed by atoms with Gasteiger partial charge in [-0.15, -0.1) is 0 Å². The SMILES string of the molecule is Cc1cccc(NC(=S)N(Cc2ccccc2)Cc2ccccc2)c1C(C)C. The van der Waals surface area contributed by atoms with E-state index in [0.717, 1.165) is 23.9 Å². The first-order valence-corrected chi connectivity index (χ1v) is 10.2. The maximum atomic E-state index is 5.86. The maximum Gasteiger partial charge on any atom is 0.174 e. The highest BCUT2D eigenvalue weighted by Crippen LogP contribution is 2.28. The number of nitrogens with one attached hydrogen (secondary N) is 1. The minimum absolute atomic E-state index is 0.434. The first kappa shape index (κ1) is 20.1. The lowest BCUT2D eigenvalue weighted by Gasteiger charge is -2.28. The largest absolute Gasteiger partial charge is 0.340 e.